The van der Waals surface area contributed by atoms with E-state index in [-0.39, 0.29) is 35.9 Å². The molecule has 0 aliphatic carbocycles. The number of pyridine rings is 1. The number of carbonyl (C=O) groups is 3. The fourth-order valence-electron chi connectivity index (χ4n) is 2.53. The number of rotatable bonds is 6. The van der Waals surface area contributed by atoms with Crippen LogP contribution in [0.3, 0.4) is 0 Å². The van der Waals surface area contributed by atoms with Crippen LogP contribution in [0.15, 0.2) is 42.6 Å². The van der Waals surface area contributed by atoms with Crippen molar-refractivity contribution in [2.45, 2.75) is 46.1 Å². The monoisotopic (exact) mass is 352 g/mol. The lowest BCUT2D eigenvalue weighted by molar-refractivity contribution is -0.117. The number of hydrogen-bond donors (Lipinski definition) is 1. The molecule has 0 saturated carbocycles. The average molecular weight is 352 g/mol. The van der Waals surface area contributed by atoms with Crippen LogP contribution in [0.5, 0.6) is 0 Å². The van der Waals surface area contributed by atoms with E-state index >= 15 is 0 Å². The van der Waals surface area contributed by atoms with Gasteiger partial charge in [-0.3, -0.25) is 19.4 Å². The van der Waals surface area contributed by atoms with Gasteiger partial charge in [0.1, 0.15) is 11.5 Å². The zero-order chi connectivity index (χ0) is 19.3. The smallest absolute Gasteiger partial charge is 0.270 e. The number of aromatic nitrogens is 1. The highest BCUT2D eigenvalue weighted by atomic mass is 16.2. The molecule has 1 N–H and O–H groups in total. The number of carbonyl (C=O) groups excluding carboxylic acids is 3. The van der Waals surface area contributed by atoms with E-state index in [1.807, 2.05) is 26.8 Å². The van der Waals surface area contributed by atoms with Gasteiger partial charge < -0.3 is 5.32 Å². The maximum atomic E-state index is 12.4. The molecule has 1 amide bonds. The highest BCUT2D eigenvalue weighted by Gasteiger charge is 2.17. The second kappa shape index (κ2) is 8.04. The summed E-state index contributed by atoms with van der Waals surface area (Å²) >= 11 is 0. The lowest BCUT2D eigenvalue weighted by atomic mass is 10.0. The standard InChI is InChI=1S/C21H24N2O3/c1-14(24)17-7-5-6-15(10-17)11-18(25)12-16-8-9-22-19(13-16)20(26)23-21(2,3)4/h5-10,13H,11-12H2,1-4H3,(H,23,26). The van der Waals surface area contributed by atoms with E-state index in [2.05, 4.69) is 10.3 Å². The van der Waals surface area contributed by atoms with Gasteiger partial charge in [-0.2, -0.15) is 0 Å². The molecule has 5 heteroatoms. The Balaban J connectivity index is 2.05. The van der Waals surface area contributed by atoms with Crippen LogP contribution in [0.4, 0.5) is 0 Å². The summed E-state index contributed by atoms with van der Waals surface area (Å²) in [7, 11) is 0. The first-order chi connectivity index (χ1) is 12.1. The summed E-state index contributed by atoms with van der Waals surface area (Å²) in [5, 5.41) is 2.85. The lowest BCUT2D eigenvalue weighted by Crippen LogP contribution is -2.40. The molecular weight excluding hydrogens is 328 g/mol. The minimum absolute atomic E-state index is 0.0130. The van der Waals surface area contributed by atoms with Crippen LogP contribution in [0, 0.1) is 0 Å². The Bertz CT molecular complexity index is 835. The number of nitrogens with zero attached hydrogens (tertiary/aromatic N) is 1. The molecule has 0 fully saturated rings. The quantitative estimate of drug-likeness (QED) is 0.810. The molecule has 26 heavy (non-hydrogen) atoms. The molecule has 136 valence electrons. The minimum Gasteiger partial charge on any atom is -0.346 e. The first kappa shape index (κ1) is 19.5. The Labute approximate surface area is 153 Å². The van der Waals surface area contributed by atoms with E-state index < -0.39 is 0 Å². The molecule has 0 bridgehead atoms. The van der Waals surface area contributed by atoms with Crippen LogP contribution in [0.25, 0.3) is 0 Å². The molecule has 1 aromatic carbocycles. The fourth-order valence-corrected chi connectivity index (χ4v) is 2.53. The largest absolute Gasteiger partial charge is 0.346 e. The third-order valence-electron chi connectivity index (χ3n) is 3.68. The van der Waals surface area contributed by atoms with Gasteiger partial charge in [-0.05, 0) is 57.0 Å². The topological polar surface area (TPSA) is 76.1 Å². The SMILES string of the molecule is CC(=O)c1cccc(CC(=O)Cc2ccnc(C(=O)NC(C)(C)C)c2)c1. The van der Waals surface area contributed by atoms with Crippen LogP contribution >= 0.6 is 0 Å². The summed E-state index contributed by atoms with van der Waals surface area (Å²) in [5.41, 5.74) is 2.09. The fraction of sp³-hybridized carbons (Fsp3) is 0.333. The second-order valence-corrected chi connectivity index (χ2v) is 7.40. The predicted molar refractivity (Wildman–Crippen MR) is 100 cm³/mol. The predicted octanol–water partition coefficient (Wildman–Crippen LogP) is 3.17. The van der Waals surface area contributed by atoms with Crippen molar-refractivity contribution in [3.8, 4) is 0 Å². The minimum atomic E-state index is -0.355. The van der Waals surface area contributed by atoms with Gasteiger partial charge in [0.15, 0.2) is 5.78 Å². The number of ketones is 2. The van der Waals surface area contributed by atoms with Crippen LogP contribution in [-0.4, -0.2) is 28.0 Å². The van der Waals surface area contributed by atoms with Gasteiger partial charge in [0.05, 0.1) is 0 Å². The Morgan fingerprint density at radius 2 is 1.65 bits per heavy atom. The van der Waals surface area contributed by atoms with Gasteiger partial charge in [-0.1, -0.05) is 18.2 Å². The Hall–Kier alpha value is -2.82. The molecule has 1 aromatic heterocycles. The van der Waals surface area contributed by atoms with Gasteiger partial charge in [0.2, 0.25) is 0 Å². The third-order valence-corrected chi connectivity index (χ3v) is 3.68. The molecule has 0 aliphatic rings. The Kier molecular flexibility index (Phi) is 6.03. The number of amides is 1. The van der Waals surface area contributed by atoms with E-state index in [1.165, 1.54) is 13.1 Å². The van der Waals surface area contributed by atoms with E-state index in [9.17, 15) is 14.4 Å². The highest BCUT2D eigenvalue weighted by Crippen LogP contribution is 2.11. The van der Waals surface area contributed by atoms with Crippen molar-refractivity contribution in [2.24, 2.45) is 0 Å². The van der Waals surface area contributed by atoms with Gasteiger partial charge >= 0.3 is 0 Å². The van der Waals surface area contributed by atoms with E-state index in [1.54, 1.807) is 30.3 Å². The first-order valence-electron chi connectivity index (χ1n) is 8.53. The first-order valence-corrected chi connectivity index (χ1v) is 8.53. The molecule has 0 radical (unpaired) electrons. The molecule has 0 spiro atoms. The summed E-state index contributed by atoms with van der Waals surface area (Å²) < 4.78 is 0. The van der Waals surface area contributed by atoms with Gasteiger partial charge in [0, 0.05) is 30.1 Å². The van der Waals surface area contributed by atoms with Crippen molar-refractivity contribution < 1.29 is 14.4 Å². The van der Waals surface area contributed by atoms with Crippen LogP contribution in [0.2, 0.25) is 0 Å². The number of Topliss-reactive ketones (excluding diaryl/α,β-unsaturated/α-hetero) is 2. The molecule has 2 aromatic rings. The van der Waals surface area contributed by atoms with Crippen molar-refractivity contribution >= 4 is 17.5 Å². The molecule has 0 aliphatic heterocycles. The van der Waals surface area contributed by atoms with Gasteiger partial charge in [-0.15, -0.1) is 0 Å². The molecule has 2 rings (SSSR count). The summed E-state index contributed by atoms with van der Waals surface area (Å²) in [6.45, 7) is 7.19. The van der Waals surface area contributed by atoms with Gasteiger partial charge in [0.25, 0.3) is 5.91 Å². The second-order valence-electron chi connectivity index (χ2n) is 7.40. The number of benzene rings is 1. The zero-order valence-electron chi connectivity index (χ0n) is 15.6. The van der Waals surface area contributed by atoms with E-state index in [0.29, 0.717) is 11.3 Å². The highest BCUT2D eigenvalue weighted by molar-refractivity contribution is 5.95. The van der Waals surface area contributed by atoms with Crippen LogP contribution < -0.4 is 5.32 Å². The maximum absolute atomic E-state index is 12.4. The molecule has 5 nitrogen and oxygen atoms in total. The molecule has 1 heterocycles. The number of nitrogens with one attached hydrogen (secondary N) is 1. The van der Waals surface area contributed by atoms with Crippen LogP contribution in [-0.2, 0) is 17.6 Å². The Morgan fingerprint density at radius 1 is 1.00 bits per heavy atom. The summed E-state index contributed by atoms with van der Waals surface area (Å²) in [5.74, 6) is -0.275. The lowest BCUT2D eigenvalue weighted by Gasteiger charge is -2.20. The van der Waals surface area contributed by atoms with Crippen LogP contribution in [0.1, 0.15) is 59.7 Å². The summed E-state index contributed by atoms with van der Waals surface area (Å²) in [4.78, 5) is 40.1. The van der Waals surface area contributed by atoms with Crippen molar-refractivity contribution in [3.63, 3.8) is 0 Å². The molecule has 0 saturated heterocycles. The van der Waals surface area contributed by atoms with E-state index in [4.69, 9.17) is 0 Å². The molecule has 0 atom stereocenters. The summed E-state index contributed by atoms with van der Waals surface area (Å²) in [6.07, 6.45) is 1.99. The van der Waals surface area contributed by atoms with Crippen molar-refractivity contribution in [1.82, 2.24) is 10.3 Å². The molecule has 0 unspecified atom stereocenters. The zero-order valence-corrected chi connectivity index (χ0v) is 15.6. The Morgan fingerprint density at radius 3 is 2.27 bits per heavy atom. The third kappa shape index (κ3) is 5.92. The normalized spacial score (nSPS) is 11.1. The van der Waals surface area contributed by atoms with Gasteiger partial charge in [-0.25, -0.2) is 0 Å². The van der Waals surface area contributed by atoms with Crippen molar-refractivity contribution in [2.75, 3.05) is 0 Å². The number of hydrogen-bond acceptors (Lipinski definition) is 4. The molecular formula is C21H24N2O3. The maximum Gasteiger partial charge on any atom is 0.270 e. The van der Waals surface area contributed by atoms with E-state index in [0.717, 1.165) is 11.1 Å². The van der Waals surface area contributed by atoms with Crippen molar-refractivity contribution in [1.29, 1.82) is 0 Å². The summed E-state index contributed by atoms with van der Waals surface area (Å²) in [6, 6.07) is 10.5. The van der Waals surface area contributed by atoms with Crippen molar-refractivity contribution in [3.05, 3.63) is 65.0 Å². The average Bonchev–Trinajstić information content (AvgIpc) is 2.53.